The molecule has 7 heteroatoms. The molecule has 1 amide bonds. The second kappa shape index (κ2) is 8.38. The van der Waals surface area contributed by atoms with Gasteiger partial charge >= 0.3 is 5.97 Å². The number of aliphatic hydroxyl groups excluding tert-OH is 1. The number of nitrogens with zero attached hydrogens (tertiary/aromatic N) is 1. The minimum absolute atomic E-state index is 0.0235. The zero-order valence-electron chi connectivity index (χ0n) is 13.1. The smallest absolute Gasteiger partial charge is 0.307 e. The molecule has 0 aliphatic carbocycles. The van der Waals surface area contributed by atoms with Gasteiger partial charge in [-0.05, 0) is 31.5 Å². The van der Waals surface area contributed by atoms with E-state index in [9.17, 15) is 9.59 Å². The van der Waals surface area contributed by atoms with Gasteiger partial charge in [-0.15, -0.1) is 0 Å². The van der Waals surface area contributed by atoms with Crippen LogP contribution < -0.4 is 9.47 Å². The molecule has 0 bridgehead atoms. The van der Waals surface area contributed by atoms with Crippen molar-refractivity contribution in [2.24, 2.45) is 0 Å². The Morgan fingerprint density at radius 3 is 2.78 bits per heavy atom. The van der Waals surface area contributed by atoms with Gasteiger partial charge in [0.25, 0.3) is 5.91 Å². The van der Waals surface area contributed by atoms with Crippen LogP contribution in [0.25, 0.3) is 0 Å². The molecule has 0 radical (unpaired) electrons. The largest absolute Gasteiger partial charge is 0.466 e. The van der Waals surface area contributed by atoms with E-state index in [1.54, 1.807) is 25.1 Å². The first kappa shape index (κ1) is 17.1. The lowest BCUT2D eigenvalue weighted by Gasteiger charge is -2.22. The van der Waals surface area contributed by atoms with E-state index in [0.717, 1.165) is 0 Å². The normalized spacial score (nSPS) is 12.1. The van der Waals surface area contributed by atoms with Crippen LogP contribution >= 0.6 is 0 Å². The van der Waals surface area contributed by atoms with Crippen LogP contribution in [0.1, 0.15) is 30.1 Å². The lowest BCUT2D eigenvalue weighted by molar-refractivity contribution is -0.143. The summed E-state index contributed by atoms with van der Waals surface area (Å²) in [5.41, 5.74) is 0.455. The molecule has 1 heterocycles. The average Bonchev–Trinajstić information content (AvgIpc) is 3.02. The van der Waals surface area contributed by atoms with Gasteiger partial charge in [-0.3, -0.25) is 9.59 Å². The quantitative estimate of drug-likeness (QED) is 0.724. The fraction of sp³-hybridized carbons (Fsp3) is 0.500. The van der Waals surface area contributed by atoms with Crippen LogP contribution in [0.4, 0.5) is 0 Å². The van der Waals surface area contributed by atoms with Crippen molar-refractivity contribution >= 4 is 11.9 Å². The van der Waals surface area contributed by atoms with Crippen molar-refractivity contribution in [3.63, 3.8) is 0 Å². The molecule has 2 rings (SSSR count). The molecule has 1 aromatic rings. The number of esters is 1. The molecule has 1 aliphatic heterocycles. The Labute approximate surface area is 134 Å². The van der Waals surface area contributed by atoms with Gasteiger partial charge in [-0.1, -0.05) is 0 Å². The van der Waals surface area contributed by atoms with E-state index in [-0.39, 0.29) is 38.2 Å². The molecule has 0 saturated heterocycles. The van der Waals surface area contributed by atoms with E-state index in [0.29, 0.717) is 36.6 Å². The summed E-state index contributed by atoms with van der Waals surface area (Å²) >= 11 is 0. The SMILES string of the molecule is CCOC(=O)CCN(CCCO)C(=O)c1ccc2c(c1)OCO2. The maximum Gasteiger partial charge on any atom is 0.307 e. The fourth-order valence-corrected chi connectivity index (χ4v) is 2.25. The van der Waals surface area contributed by atoms with Gasteiger partial charge in [0.1, 0.15) is 0 Å². The molecule has 0 saturated carbocycles. The standard InChI is InChI=1S/C16H21NO6/c1-2-21-15(19)6-8-17(7-3-9-18)16(20)12-4-5-13-14(10-12)23-11-22-13/h4-5,10,18H,2-3,6-9,11H2,1H3. The molecule has 0 spiro atoms. The molecule has 0 aromatic heterocycles. The van der Waals surface area contributed by atoms with E-state index in [2.05, 4.69) is 0 Å². The zero-order chi connectivity index (χ0) is 16.7. The molecular formula is C16H21NO6. The number of fused-ring (bicyclic) bond motifs is 1. The third kappa shape index (κ3) is 4.59. The maximum absolute atomic E-state index is 12.6. The Kier molecular flexibility index (Phi) is 6.22. The van der Waals surface area contributed by atoms with Crippen LogP contribution in [0.15, 0.2) is 18.2 Å². The molecule has 0 atom stereocenters. The summed E-state index contributed by atoms with van der Waals surface area (Å²) in [6, 6.07) is 4.97. The summed E-state index contributed by atoms with van der Waals surface area (Å²) in [5.74, 6) is 0.569. The van der Waals surface area contributed by atoms with Gasteiger partial charge in [-0.25, -0.2) is 0 Å². The maximum atomic E-state index is 12.6. The number of carbonyl (C=O) groups is 2. The number of benzene rings is 1. The van der Waals surface area contributed by atoms with Crippen molar-refractivity contribution in [3.05, 3.63) is 23.8 Å². The van der Waals surface area contributed by atoms with Gasteiger partial charge in [0.15, 0.2) is 11.5 Å². The van der Waals surface area contributed by atoms with Gasteiger partial charge < -0.3 is 24.2 Å². The first-order valence-electron chi connectivity index (χ1n) is 7.61. The van der Waals surface area contributed by atoms with Gasteiger partial charge in [0.05, 0.1) is 13.0 Å². The second-order valence-electron chi connectivity index (χ2n) is 4.99. The number of amides is 1. The predicted octanol–water partition coefficient (Wildman–Crippen LogP) is 1.19. The van der Waals surface area contributed by atoms with E-state index in [1.807, 2.05) is 0 Å². The molecular weight excluding hydrogens is 302 g/mol. The summed E-state index contributed by atoms with van der Waals surface area (Å²) in [5, 5.41) is 8.99. The average molecular weight is 323 g/mol. The third-order valence-electron chi connectivity index (χ3n) is 3.38. The summed E-state index contributed by atoms with van der Waals surface area (Å²) in [6.45, 7) is 2.77. The van der Waals surface area contributed by atoms with Crippen LogP contribution in [0, 0.1) is 0 Å². The van der Waals surface area contributed by atoms with Crippen LogP contribution in [0.5, 0.6) is 11.5 Å². The summed E-state index contributed by atoms with van der Waals surface area (Å²) in [4.78, 5) is 25.6. The Morgan fingerprint density at radius 1 is 1.26 bits per heavy atom. The van der Waals surface area contributed by atoms with Crippen molar-refractivity contribution in [1.29, 1.82) is 0 Å². The van der Waals surface area contributed by atoms with Gasteiger partial charge in [0, 0.05) is 25.3 Å². The third-order valence-corrected chi connectivity index (χ3v) is 3.38. The van der Waals surface area contributed by atoms with Crippen molar-refractivity contribution in [2.75, 3.05) is 33.1 Å². The topological polar surface area (TPSA) is 85.3 Å². The monoisotopic (exact) mass is 323 g/mol. The summed E-state index contributed by atoms with van der Waals surface area (Å²) < 4.78 is 15.4. The Hall–Kier alpha value is -2.28. The highest BCUT2D eigenvalue weighted by Gasteiger charge is 2.20. The Bertz CT molecular complexity index is 560. The molecule has 7 nitrogen and oxygen atoms in total. The number of hydrogen-bond donors (Lipinski definition) is 1. The molecule has 1 aromatic carbocycles. The minimum atomic E-state index is -0.347. The fourth-order valence-electron chi connectivity index (χ4n) is 2.25. The van der Waals surface area contributed by atoms with E-state index in [1.165, 1.54) is 4.90 Å². The first-order valence-corrected chi connectivity index (χ1v) is 7.61. The Balaban J connectivity index is 2.04. The van der Waals surface area contributed by atoms with Crippen molar-refractivity contribution in [3.8, 4) is 11.5 Å². The minimum Gasteiger partial charge on any atom is -0.466 e. The highest BCUT2D eigenvalue weighted by Crippen LogP contribution is 2.32. The highest BCUT2D eigenvalue weighted by atomic mass is 16.7. The number of carbonyl (C=O) groups excluding carboxylic acids is 2. The number of ether oxygens (including phenoxy) is 3. The van der Waals surface area contributed by atoms with Crippen LogP contribution in [-0.2, 0) is 9.53 Å². The molecule has 0 unspecified atom stereocenters. The molecule has 1 aliphatic rings. The van der Waals surface area contributed by atoms with Crippen LogP contribution in [0.3, 0.4) is 0 Å². The van der Waals surface area contributed by atoms with E-state index in [4.69, 9.17) is 19.3 Å². The first-order chi connectivity index (χ1) is 11.2. The van der Waals surface area contributed by atoms with E-state index >= 15 is 0 Å². The Morgan fingerprint density at radius 2 is 2.04 bits per heavy atom. The summed E-state index contributed by atoms with van der Waals surface area (Å²) in [6.07, 6.45) is 0.564. The van der Waals surface area contributed by atoms with Gasteiger partial charge in [0.2, 0.25) is 6.79 Å². The molecule has 126 valence electrons. The molecule has 1 N–H and O–H groups in total. The van der Waals surface area contributed by atoms with E-state index < -0.39 is 0 Å². The number of hydrogen-bond acceptors (Lipinski definition) is 6. The van der Waals surface area contributed by atoms with Crippen LogP contribution in [0.2, 0.25) is 0 Å². The molecule has 23 heavy (non-hydrogen) atoms. The zero-order valence-corrected chi connectivity index (χ0v) is 13.1. The van der Waals surface area contributed by atoms with Crippen molar-refractivity contribution in [2.45, 2.75) is 19.8 Å². The molecule has 0 fully saturated rings. The number of aliphatic hydroxyl groups is 1. The van der Waals surface area contributed by atoms with Crippen molar-refractivity contribution < 1.29 is 28.9 Å². The lowest BCUT2D eigenvalue weighted by Crippen LogP contribution is -2.34. The van der Waals surface area contributed by atoms with Crippen LogP contribution in [-0.4, -0.2) is 55.0 Å². The lowest BCUT2D eigenvalue weighted by atomic mass is 10.1. The predicted molar refractivity (Wildman–Crippen MR) is 81.4 cm³/mol. The highest BCUT2D eigenvalue weighted by molar-refractivity contribution is 5.95. The second-order valence-corrected chi connectivity index (χ2v) is 4.99. The summed E-state index contributed by atoms with van der Waals surface area (Å²) in [7, 11) is 0. The van der Waals surface area contributed by atoms with Crippen molar-refractivity contribution in [1.82, 2.24) is 4.90 Å². The number of rotatable bonds is 8. The van der Waals surface area contributed by atoms with Gasteiger partial charge in [-0.2, -0.15) is 0 Å².